The van der Waals surface area contributed by atoms with Crippen LogP contribution < -0.4 is 10.1 Å². The highest BCUT2D eigenvalue weighted by Crippen LogP contribution is 2.13. The molecule has 0 aliphatic carbocycles. The van der Waals surface area contributed by atoms with Gasteiger partial charge in [0.25, 0.3) is 0 Å². The predicted molar refractivity (Wildman–Crippen MR) is 111 cm³/mol. The Labute approximate surface area is 171 Å². The average molecular weight is 397 g/mol. The molecule has 0 radical (unpaired) electrons. The molecule has 0 atom stereocenters. The molecule has 1 amide bonds. The summed E-state index contributed by atoms with van der Waals surface area (Å²) in [7, 11) is 0. The molecule has 0 unspecified atom stereocenters. The fraction of sp³-hybridized carbons (Fsp3) is 0.348. The molecular formula is C23H27NO5. The Balaban J connectivity index is 1.71. The van der Waals surface area contributed by atoms with Gasteiger partial charge in [-0.1, -0.05) is 31.5 Å². The minimum absolute atomic E-state index is 0.0575. The van der Waals surface area contributed by atoms with Crippen LogP contribution in [0.15, 0.2) is 48.5 Å². The lowest BCUT2D eigenvalue weighted by molar-refractivity contribution is -0.143. The maximum atomic E-state index is 12.2. The number of benzene rings is 2. The van der Waals surface area contributed by atoms with Gasteiger partial charge in [-0.15, -0.1) is 0 Å². The van der Waals surface area contributed by atoms with E-state index in [0.29, 0.717) is 23.4 Å². The van der Waals surface area contributed by atoms with Crippen molar-refractivity contribution >= 4 is 23.3 Å². The lowest BCUT2D eigenvalue weighted by atomic mass is 10.1. The number of rotatable bonds is 10. The van der Waals surface area contributed by atoms with Crippen molar-refractivity contribution in [1.82, 2.24) is 0 Å². The Bertz CT molecular complexity index is 825. The topological polar surface area (TPSA) is 81.7 Å². The fourth-order valence-corrected chi connectivity index (χ4v) is 2.51. The number of aryl methyl sites for hydroxylation is 1. The lowest BCUT2D eigenvalue weighted by Crippen LogP contribution is -2.16. The number of carbonyl (C=O) groups excluding carboxylic acids is 3. The van der Waals surface area contributed by atoms with Gasteiger partial charge in [-0.3, -0.25) is 14.4 Å². The molecule has 0 saturated heterocycles. The lowest BCUT2D eigenvalue weighted by Gasteiger charge is -2.09. The van der Waals surface area contributed by atoms with Crippen LogP contribution in [0.3, 0.4) is 0 Å². The summed E-state index contributed by atoms with van der Waals surface area (Å²) in [6.07, 6.45) is 0.492. The Morgan fingerprint density at radius 2 is 1.62 bits per heavy atom. The van der Waals surface area contributed by atoms with Crippen LogP contribution in [-0.2, 0) is 14.3 Å². The number of carbonyl (C=O) groups is 3. The first-order chi connectivity index (χ1) is 13.8. The molecule has 6 heteroatoms. The van der Waals surface area contributed by atoms with E-state index in [-0.39, 0.29) is 37.2 Å². The van der Waals surface area contributed by atoms with Gasteiger partial charge in [0.2, 0.25) is 5.91 Å². The molecule has 1 N–H and O–H groups in total. The molecule has 2 rings (SSSR count). The summed E-state index contributed by atoms with van der Waals surface area (Å²) >= 11 is 0. The Morgan fingerprint density at radius 3 is 2.24 bits per heavy atom. The number of ether oxygens (including phenoxy) is 2. The number of ketones is 1. The van der Waals surface area contributed by atoms with Crippen LogP contribution in [0.4, 0.5) is 5.69 Å². The van der Waals surface area contributed by atoms with E-state index in [9.17, 15) is 14.4 Å². The quantitative estimate of drug-likeness (QED) is 0.481. The van der Waals surface area contributed by atoms with Gasteiger partial charge >= 0.3 is 5.97 Å². The number of hydrogen-bond donors (Lipinski definition) is 1. The number of anilines is 1. The molecule has 0 saturated carbocycles. The number of hydrogen-bond acceptors (Lipinski definition) is 5. The van der Waals surface area contributed by atoms with E-state index in [1.165, 1.54) is 0 Å². The number of nitrogens with one attached hydrogen (secondary N) is 1. The van der Waals surface area contributed by atoms with Crippen molar-refractivity contribution in [2.75, 3.05) is 18.5 Å². The number of esters is 1. The van der Waals surface area contributed by atoms with Crippen molar-refractivity contribution < 1.29 is 23.9 Å². The molecule has 0 spiro atoms. The third kappa shape index (κ3) is 8.17. The summed E-state index contributed by atoms with van der Waals surface area (Å²) in [5.41, 5.74) is 2.16. The molecule has 6 nitrogen and oxygen atoms in total. The first kappa shape index (κ1) is 22.1. The van der Waals surface area contributed by atoms with E-state index in [0.717, 1.165) is 5.56 Å². The van der Waals surface area contributed by atoms with Crippen LogP contribution in [0.25, 0.3) is 0 Å². The number of amides is 1. The van der Waals surface area contributed by atoms with Crippen LogP contribution in [0.2, 0.25) is 0 Å². The zero-order chi connectivity index (χ0) is 21.2. The van der Waals surface area contributed by atoms with Gasteiger partial charge in [-0.05, 0) is 49.2 Å². The molecule has 0 bridgehead atoms. The van der Waals surface area contributed by atoms with E-state index in [2.05, 4.69) is 5.32 Å². The van der Waals surface area contributed by atoms with Gasteiger partial charge in [-0.2, -0.15) is 0 Å². The maximum Gasteiger partial charge on any atom is 0.309 e. The van der Waals surface area contributed by atoms with Crippen molar-refractivity contribution in [3.63, 3.8) is 0 Å². The second-order valence-electron chi connectivity index (χ2n) is 7.22. The van der Waals surface area contributed by atoms with E-state index >= 15 is 0 Å². The molecular weight excluding hydrogens is 370 g/mol. The predicted octanol–water partition coefficient (Wildman–Crippen LogP) is 4.17. The van der Waals surface area contributed by atoms with Crippen molar-refractivity contribution in [3.8, 4) is 5.75 Å². The Morgan fingerprint density at radius 1 is 0.966 bits per heavy atom. The second-order valence-corrected chi connectivity index (χ2v) is 7.22. The molecule has 0 fully saturated rings. The van der Waals surface area contributed by atoms with Gasteiger partial charge in [0.15, 0.2) is 12.4 Å². The summed E-state index contributed by atoms with van der Waals surface area (Å²) in [5.74, 6) is 0.0784. The largest absolute Gasteiger partial charge is 0.493 e. The zero-order valence-electron chi connectivity index (χ0n) is 17.1. The molecule has 154 valence electrons. The molecule has 0 aliphatic rings. The maximum absolute atomic E-state index is 12.2. The van der Waals surface area contributed by atoms with Crippen LogP contribution in [0.5, 0.6) is 5.75 Å². The highest BCUT2D eigenvalue weighted by Gasteiger charge is 2.11. The third-order valence-corrected chi connectivity index (χ3v) is 4.04. The van der Waals surface area contributed by atoms with Crippen molar-refractivity contribution in [3.05, 3.63) is 59.7 Å². The summed E-state index contributed by atoms with van der Waals surface area (Å²) < 4.78 is 10.5. The van der Waals surface area contributed by atoms with Crippen molar-refractivity contribution in [2.24, 2.45) is 5.92 Å². The smallest absolute Gasteiger partial charge is 0.309 e. The first-order valence-corrected chi connectivity index (χ1v) is 9.61. The summed E-state index contributed by atoms with van der Waals surface area (Å²) in [6, 6.07) is 14.0. The molecule has 0 aromatic heterocycles. The van der Waals surface area contributed by atoms with Crippen LogP contribution >= 0.6 is 0 Å². The molecule has 29 heavy (non-hydrogen) atoms. The standard InChI is InChI=1S/C23H27NO5/c1-16(2)14-22(26)24-19-8-6-18(7-9-19)21(25)15-29-23(27)12-13-28-20-10-4-17(3)5-11-20/h4-11,16H,12-15H2,1-3H3,(H,24,26). The van der Waals surface area contributed by atoms with Crippen LogP contribution in [-0.4, -0.2) is 30.9 Å². The second kappa shape index (κ2) is 11.0. The fourth-order valence-electron chi connectivity index (χ4n) is 2.51. The van der Waals surface area contributed by atoms with Gasteiger partial charge in [0.1, 0.15) is 5.75 Å². The average Bonchev–Trinajstić information content (AvgIpc) is 2.67. The molecule has 2 aromatic rings. The zero-order valence-corrected chi connectivity index (χ0v) is 17.1. The van der Waals surface area contributed by atoms with Crippen LogP contribution in [0, 0.1) is 12.8 Å². The van der Waals surface area contributed by atoms with E-state index in [1.807, 2.05) is 45.0 Å². The normalized spacial score (nSPS) is 10.5. The summed E-state index contributed by atoms with van der Waals surface area (Å²) in [4.78, 5) is 35.7. The minimum atomic E-state index is -0.497. The van der Waals surface area contributed by atoms with E-state index in [1.54, 1.807) is 24.3 Å². The van der Waals surface area contributed by atoms with Gasteiger partial charge in [-0.25, -0.2) is 0 Å². The monoisotopic (exact) mass is 397 g/mol. The Hall–Kier alpha value is -3.15. The van der Waals surface area contributed by atoms with Crippen molar-refractivity contribution in [1.29, 1.82) is 0 Å². The third-order valence-electron chi connectivity index (χ3n) is 4.04. The van der Waals surface area contributed by atoms with E-state index < -0.39 is 5.97 Å². The highest BCUT2D eigenvalue weighted by atomic mass is 16.5. The molecule has 2 aromatic carbocycles. The summed E-state index contributed by atoms with van der Waals surface area (Å²) in [6.45, 7) is 5.77. The van der Waals surface area contributed by atoms with Gasteiger partial charge < -0.3 is 14.8 Å². The Kier molecular flexibility index (Phi) is 8.40. The van der Waals surface area contributed by atoms with Crippen LogP contribution in [0.1, 0.15) is 42.6 Å². The SMILES string of the molecule is Cc1ccc(OCCC(=O)OCC(=O)c2ccc(NC(=O)CC(C)C)cc2)cc1. The van der Waals surface area contributed by atoms with Crippen molar-refractivity contribution in [2.45, 2.75) is 33.6 Å². The molecule has 0 heterocycles. The minimum Gasteiger partial charge on any atom is -0.493 e. The summed E-state index contributed by atoms with van der Waals surface area (Å²) in [5, 5.41) is 2.78. The van der Waals surface area contributed by atoms with E-state index in [4.69, 9.17) is 9.47 Å². The first-order valence-electron chi connectivity index (χ1n) is 9.61. The van der Waals surface area contributed by atoms with Gasteiger partial charge in [0, 0.05) is 17.7 Å². The highest BCUT2D eigenvalue weighted by molar-refractivity contribution is 5.98. The molecule has 0 aliphatic heterocycles. The van der Waals surface area contributed by atoms with Gasteiger partial charge in [0.05, 0.1) is 13.0 Å². The number of Topliss-reactive ketones (excluding diaryl/α,β-unsaturated/α-hetero) is 1.